The molecule has 0 bridgehead atoms. The summed E-state index contributed by atoms with van der Waals surface area (Å²) in [5.74, 6) is 0.119. The van der Waals surface area contributed by atoms with Crippen LogP contribution in [0, 0.1) is 0 Å². The number of amides is 1. The number of nitrogens with one attached hydrogen (secondary N) is 1. The van der Waals surface area contributed by atoms with Crippen LogP contribution in [0.2, 0.25) is 0 Å². The molecule has 0 radical (unpaired) electrons. The van der Waals surface area contributed by atoms with E-state index >= 15 is 0 Å². The fraction of sp³-hybridized carbons (Fsp3) is 0.500. The standard InChI is InChI=1S/C12H20N4O2S/c1-4-6-16(7-8-18-3)11(17)9-10(13)15-12(19-9)14-5-2/h4H,1,5-8,13H2,2-3H3,(H,14,15). The Labute approximate surface area is 117 Å². The molecule has 0 aliphatic carbocycles. The first kappa shape index (κ1) is 15.5. The molecule has 0 spiro atoms. The van der Waals surface area contributed by atoms with Gasteiger partial charge >= 0.3 is 0 Å². The number of ether oxygens (including phenoxy) is 1. The van der Waals surface area contributed by atoms with Crippen LogP contribution in [0.4, 0.5) is 10.9 Å². The molecule has 0 aliphatic heterocycles. The molecule has 19 heavy (non-hydrogen) atoms. The van der Waals surface area contributed by atoms with Gasteiger partial charge in [0.15, 0.2) is 5.13 Å². The lowest BCUT2D eigenvalue weighted by molar-refractivity contribution is 0.0723. The van der Waals surface area contributed by atoms with Crippen molar-refractivity contribution in [2.75, 3.05) is 44.4 Å². The Kier molecular flexibility index (Phi) is 6.31. The highest BCUT2D eigenvalue weighted by atomic mass is 32.1. The summed E-state index contributed by atoms with van der Waals surface area (Å²) in [6, 6.07) is 0. The molecule has 7 heteroatoms. The van der Waals surface area contributed by atoms with Gasteiger partial charge in [0.1, 0.15) is 10.7 Å². The number of hydrogen-bond acceptors (Lipinski definition) is 6. The summed E-state index contributed by atoms with van der Waals surface area (Å²) in [7, 11) is 1.60. The number of thiazole rings is 1. The van der Waals surface area contributed by atoms with Crippen LogP contribution in [-0.2, 0) is 4.74 Å². The molecule has 1 aromatic heterocycles. The maximum atomic E-state index is 12.4. The minimum atomic E-state index is -0.142. The average Bonchev–Trinajstić information content (AvgIpc) is 2.75. The van der Waals surface area contributed by atoms with Gasteiger partial charge in [0.05, 0.1) is 6.61 Å². The molecule has 0 saturated heterocycles. The van der Waals surface area contributed by atoms with E-state index in [0.29, 0.717) is 29.7 Å². The summed E-state index contributed by atoms with van der Waals surface area (Å²) in [6.45, 7) is 7.77. The lowest BCUT2D eigenvalue weighted by Gasteiger charge is -2.19. The molecule has 0 unspecified atom stereocenters. The second kappa shape index (κ2) is 7.75. The van der Waals surface area contributed by atoms with Gasteiger partial charge in [0.2, 0.25) is 0 Å². The highest BCUT2D eigenvalue weighted by Crippen LogP contribution is 2.26. The third-order valence-corrected chi connectivity index (χ3v) is 3.39. The highest BCUT2D eigenvalue weighted by Gasteiger charge is 2.21. The number of nitrogens with two attached hydrogens (primary N) is 1. The molecule has 3 N–H and O–H groups in total. The number of rotatable bonds is 8. The summed E-state index contributed by atoms with van der Waals surface area (Å²) in [4.78, 5) is 18.6. The van der Waals surface area contributed by atoms with E-state index in [2.05, 4.69) is 16.9 Å². The van der Waals surface area contributed by atoms with E-state index in [1.54, 1.807) is 18.1 Å². The fourth-order valence-electron chi connectivity index (χ4n) is 1.49. The molecular formula is C12H20N4O2S. The molecule has 0 fully saturated rings. The number of methoxy groups -OCH3 is 1. The normalized spacial score (nSPS) is 10.2. The van der Waals surface area contributed by atoms with E-state index in [-0.39, 0.29) is 11.7 Å². The maximum Gasteiger partial charge on any atom is 0.268 e. The van der Waals surface area contributed by atoms with Crippen LogP contribution in [0.1, 0.15) is 16.6 Å². The molecule has 0 aliphatic rings. The van der Waals surface area contributed by atoms with Gasteiger partial charge in [-0.05, 0) is 6.92 Å². The van der Waals surface area contributed by atoms with E-state index in [1.807, 2.05) is 6.92 Å². The van der Waals surface area contributed by atoms with Crippen LogP contribution in [0.25, 0.3) is 0 Å². The second-order valence-electron chi connectivity index (χ2n) is 3.80. The van der Waals surface area contributed by atoms with Gasteiger partial charge in [-0.3, -0.25) is 4.79 Å². The molecule has 0 atom stereocenters. The molecule has 6 nitrogen and oxygen atoms in total. The molecule has 0 saturated carbocycles. The third kappa shape index (κ3) is 4.22. The van der Waals surface area contributed by atoms with Gasteiger partial charge in [-0.15, -0.1) is 6.58 Å². The van der Waals surface area contributed by atoms with Crippen molar-refractivity contribution in [3.8, 4) is 0 Å². The van der Waals surface area contributed by atoms with Crippen LogP contribution < -0.4 is 11.1 Å². The largest absolute Gasteiger partial charge is 0.383 e. The zero-order valence-electron chi connectivity index (χ0n) is 11.3. The number of carbonyl (C=O) groups is 1. The van der Waals surface area contributed by atoms with Crippen LogP contribution in [0.15, 0.2) is 12.7 Å². The topological polar surface area (TPSA) is 80.5 Å². The fourth-order valence-corrected chi connectivity index (χ4v) is 2.41. The zero-order valence-corrected chi connectivity index (χ0v) is 12.1. The van der Waals surface area contributed by atoms with Crippen molar-refractivity contribution in [3.05, 3.63) is 17.5 Å². The van der Waals surface area contributed by atoms with E-state index in [4.69, 9.17) is 10.5 Å². The van der Waals surface area contributed by atoms with Gasteiger partial charge in [0, 0.05) is 26.7 Å². The van der Waals surface area contributed by atoms with Gasteiger partial charge in [0.25, 0.3) is 5.91 Å². The van der Waals surface area contributed by atoms with Crippen LogP contribution in [-0.4, -0.2) is 49.1 Å². The van der Waals surface area contributed by atoms with E-state index in [0.717, 1.165) is 6.54 Å². The van der Waals surface area contributed by atoms with E-state index in [1.165, 1.54) is 11.3 Å². The molecule has 1 heterocycles. The summed E-state index contributed by atoms with van der Waals surface area (Å²) in [5.41, 5.74) is 5.79. The predicted octanol–water partition coefficient (Wildman–Crippen LogP) is 1.43. The van der Waals surface area contributed by atoms with E-state index in [9.17, 15) is 4.79 Å². The van der Waals surface area contributed by atoms with E-state index < -0.39 is 0 Å². The van der Waals surface area contributed by atoms with Crippen LogP contribution in [0.5, 0.6) is 0 Å². The Balaban J connectivity index is 2.85. The van der Waals surface area contributed by atoms with Gasteiger partial charge in [-0.2, -0.15) is 0 Å². The zero-order chi connectivity index (χ0) is 14.3. The number of aromatic nitrogens is 1. The number of carbonyl (C=O) groups excluding carboxylic acids is 1. The summed E-state index contributed by atoms with van der Waals surface area (Å²) in [6.07, 6.45) is 1.68. The minimum Gasteiger partial charge on any atom is -0.383 e. The van der Waals surface area contributed by atoms with Gasteiger partial charge in [-0.1, -0.05) is 17.4 Å². The first-order valence-corrected chi connectivity index (χ1v) is 6.84. The Morgan fingerprint density at radius 3 is 3.00 bits per heavy atom. The summed E-state index contributed by atoms with van der Waals surface area (Å²) < 4.78 is 4.99. The maximum absolute atomic E-state index is 12.4. The van der Waals surface area contributed by atoms with Gasteiger partial charge in [-0.25, -0.2) is 4.98 Å². The number of nitrogen functional groups attached to an aromatic ring is 1. The highest BCUT2D eigenvalue weighted by molar-refractivity contribution is 7.18. The van der Waals surface area contributed by atoms with Gasteiger partial charge < -0.3 is 20.7 Å². The van der Waals surface area contributed by atoms with Crippen molar-refractivity contribution in [1.29, 1.82) is 0 Å². The molecule has 106 valence electrons. The van der Waals surface area contributed by atoms with Crippen molar-refractivity contribution in [2.24, 2.45) is 0 Å². The van der Waals surface area contributed by atoms with Crippen molar-refractivity contribution in [1.82, 2.24) is 9.88 Å². The SMILES string of the molecule is C=CCN(CCOC)C(=O)c1sc(NCC)nc1N. The lowest BCUT2D eigenvalue weighted by atomic mass is 10.3. The monoisotopic (exact) mass is 284 g/mol. The first-order chi connectivity index (χ1) is 9.13. The molecule has 0 aromatic carbocycles. The Hall–Kier alpha value is -1.60. The molecule has 1 amide bonds. The third-order valence-electron chi connectivity index (χ3n) is 2.38. The molecular weight excluding hydrogens is 264 g/mol. The molecule has 1 rings (SSSR count). The van der Waals surface area contributed by atoms with Crippen molar-refractivity contribution in [3.63, 3.8) is 0 Å². The lowest BCUT2D eigenvalue weighted by Crippen LogP contribution is -2.34. The summed E-state index contributed by atoms with van der Waals surface area (Å²) in [5, 5.41) is 3.71. The quantitative estimate of drug-likeness (QED) is 0.706. The minimum absolute atomic E-state index is 0.142. The first-order valence-electron chi connectivity index (χ1n) is 6.03. The van der Waals surface area contributed by atoms with Crippen molar-refractivity contribution >= 4 is 28.2 Å². The van der Waals surface area contributed by atoms with Crippen molar-refractivity contribution in [2.45, 2.75) is 6.92 Å². The Morgan fingerprint density at radius 1 is 1.68 bits per heavy atom. The Bertz CT molecular complexity index is 433. The second-order valence-corrected chi connectivity index (χ2v) is 4.80. The number of nitrogens with zero attached hydrogens (tertiary/aromatic N) is 2. The summed E-state index contributed by atoms with van der Waals surface area (Å²) >= 11 is 1.27. The Morgan fingerprint density at radius 2 is 2.42 bits per heavy atom. The molecule has 1 aromatic rings. The smallest absolute Gasteiger partial charge is 0.268 e. The average molecular weight is 284 g/mol. The van der Waals surface area contributed by atoms with Crippen LogP contribution >= 0.6 is 11.3 Å². The predicted molar refractivity (Wildman–Crippen MR) is 78.7 cm³/mol. The van der Waals surface area contributed by atoms with Crippen molar-refractivity contribution < 1.29 is 9.53 Å². The number of anilines is 2. The number of hydrogen-bond donors (Lipinski definition) is 2. The van der Waals surface area contributed by atoms with Crippen LogP contribution in [0.3, 0.4) is 0 Å².